The zero-order valence-electron chi connectivity index (χ0n) is 16.2. The molecular formula is C22H21N3O4S. The molecule has 0 amide bonds. The molecule has 0 aliphatic heterocycles. The van der Waals surface area contributed by atoms with E-state index in [9.17, 15) is 14.1 Å². The average Bonchev–Trinajstić information content (AvgIpc) is 3.26. The molecule has 2 heterocycles. The van der Waals surface area contributed by atoms with Crippen LogP contribution in [0.4, 0.5) is 0 Å². The van der Waals surface area contributed by atoms with Crippen molar-refractivity contribution in [2.45, 2.75) is 18.2 Å². The van der Waals surface area contributed by atoms with Crippen molar-refractivity contribution in [2.24, 2.45) is 0 Å². The van der Waals surface area contributed by atoms with Crippen LogP contribution in [0.15, 0.2) is 76.9 Å². The summed E-state index contributed by atoms with van der Waals surface area (Å²) in [5, 5.41) is 10.9. The van der Waals surface area contributed by atoms with Crippen LogP contribution in [0.2, 0.25) is 0 Å². The van der Waals surface area contributed by atoms with Gasteiger partial charge in [0.1, 0.15) is 5.75 Å². The molecule has 0 saturated carbocycles. The van der Waals surface area contributed by atoms with Gasteiger partial charge in [-0.2, -0.15) is 0 Å². The highest BCUT2D eigenvalue weighted by Gasteiger charge is 2.14. The Morgan fingerprint density at radius 1 is 1.13 bits per heavy atom. The number of imidazole rings is 1. The third-order valence-electron chi connectivity index (χ3n) is 4.67. The highest BCUT2D eigenvalue weighted by atomic mass is 32.2. The Kier molecular flexibility index (Phi) is 6.06. The fourth-order valence-corrected chi connectivity index (χ4v) is 4.33. The number of aromatic amines is 1. The van der Waals surface area contributed by atoms with E-state index >= 15 is 0 Å². The van der Waals surface area contributed by atoms with Crippen LogP contribution in [0.3, 0.4) is 0 Å². The lowest BCUT2D eigenvalue weighted by Crippen LogP contribution is -2.10. The SMILES string of the molecule is O=c1ccc2cc(OCCC[S@](=O)c3nccn3-c3ccccc3CO)ccc2[nH]1. The Bertz CT molecular complexity index is 1250. The van der Waals surface area contributed by atoms with E-state index in [0.29, 0.717) is 29.7 Å². The van der Waals surface area contributed by atoms with Gasteiger partial charge in [-0.25, -0.2) is 4.98 Å². The summed E-state index contributed by atoms with van der Waals surface area (Å²) in [6.45, 7) is 0.308. The third-order valence-corrected chi connectivity index (χ3v) is 6.04. The number of benzene rings is 2. The second kappa shape index (κ2) is 9.06. The van der Waals surface area contributed by atoms with Crippen LogP contribution >= 0.6 is 0 Å². The Hall–Kier alpha value is -3.23. The lowest BCUT2D eigenvalue weighted by atomic mass is 10.2. The highest BCUT2D eigenvalue weighted by Crippen LogP contribution is 2.20. The molecule has 2 N–H and O–H groups in total. The lowest BCUT2D eigenvalue weighted by Gasteiger charge is -2.11. The van der Waals surface area contributed by atoms with Gasteiger partial charge in [0.15, 0.2) is 0 Å². The number of fused-ring (bicyclic) bond motifs is 1. The number of hydrogen-bond donors (Lipinski definition) is 2. The third kappa shape index (κ3) is 4.34. The summed E-state index contributed by atoms with van der Waals surface area (Å²) >= 11 is 0. The molecule has 1 atom stereocenters. The number of para-hydroxylation sites is 1. The van der Waals surface area contributed by atoms with Crippen LogP contribution in [-0.4, -0.2) is 36.2 Å². The summed E-state index contributed by atoms with van der Waals surface area (Å²) in [5.41, 5.74) is 2.13. The maximum Gasteiger partial charge on any atom is 0.248 e. The lowest BCUT2D eigenvalue weighted by molar-refractivity contribution is 0.281. The number of aliphatic hydroxyl groups is 1. The van der Waals surface area contributed by atoms with E-state index in [-0.39, 0.29) is 12.2 Å². The van der Waals surface area contributed by atoms with Crippen molar-refractivity contribution in [3.05, 3.63) is 82.9 Å². The van der Waals surface area contributed by atoms with Crippen molar-refractivity contribution in [1.82, 2.24) is 14.5 Å². The highest BCUT2D eigenvalue weighted by molar-refractivity contribution is 7.84. The Balaban J connectivity index is 1.38. The van der Waals surface area contributed by atoms with E-state index in [4.69, 9.17) is 4.74 Å². The number of H-pyrrole nitrogens is 1. The summed E-state index contributed by atoms with van der Waals surface area (Å²) in [4.78, 5) is 18.4. The molecule has 0 fully saturated rings. The molecule has 0 radical (unpaired) electrons. The van der Waals surface area contributed by atoms with Gasteiger partial charge in [-0.05, 0) is 36.8 Å². The first-order valence-electron chi connectivity index (χ1n) is 9.52. The largest absolute Gasteiger partial charge is 0.494 e. The zero-order chi connectivity index (χ0) is 20.9. The standard InChI is InChI=1S/C22H21N3O4S/c26-15-17-4-1-2-5-20(17)25-11-10-23-22(25)30(28)13-3-12-29-18-7-8-19-16(14-18)6-9-21(27)24-19/h1-2,4-11,14,26H,3,12-13,15H2,(H,24,27)/t30-/m0/s1. The molecular weight excluding hydrogens is 402 g/mol. The first-order valence-corrected chi connectivity index (χ1v) is 10.8. The van der Waals surface area contributed by atoms with Gasteiger partial charge in [-0.1, -0.05) is 18.2 Å². The van der Waals surface area contributed by atoms with E-state index in [0.717, 1.165) is 22.2 Å². The van der Waals surface area contributed by atoms with Gasteiger partial charge in [-0.15, -0.1) is 0 Å². The number of nitrogens with zero attached hydrogens (tertiary/aromatic N) is 2. The minimum absolute atomic E-state index is 0.103. The molecule has 0 bridgehead atoms. The first kappa shape index (κ1) is 20.1. The van der Waals surface area contributed by atoms with Crippen molar-refractivity contribution < 1.29 is 14.1 Å². The summed E-state index contributed by atoms with van der Waals surface area (Å²) < 4.78 is 20.3. The van der Waals surface area contributed by atoms with E-state index < -0.39 is 10.8 Å². The Labute approximate surface area is 175 Å². The predicted octanol–water partition coefficient (Wildman–Crippen LogP) is 2.78. The van der Waals surface area contributed by atoms with Crippen LogP contribution < -0.4 is 10.3 Å². The molecule has 0 spiro atoms. The predicted molar refractivity (Wildman–Crippen MR) is 115 cm³/mol. The molecule has 4 rings (SSSR count). The molecule has 4 aromatic rings. The minimum atomic E-state index is -1.31. The van der Waals surface area contributed by atoms with Gasteiger partial charge in [0, 0.05) is 40.7 Å². The van der Waals surface area contributed by atoms with Gasteiger partial charge >= 0.3 is 0 Å². The van der Waals surface area contributed by atoms with E-state index in [1.165, 1.54) is 6.07 Å². The van der Waals surface area contributed by atoms with Crippen LogP contribution in [0.1, 0.15) is 12.0 Å². The van der Waals surface area contributed by atoms with Gasteiger partial charge in [0.05, 0.1) is 29.7 Å². The fourth-order valence-electron chi connectivity index (χ4n) is 3.21. The zero-order valence-corrected chi connectivity index (χ0v) is 17.0. The van der Waals surface area contributed by atoms with E-state index in [1.807, 2.05) is 30.3 Å². The summed E-state index contributed by atoms with van der Waals surface area (Å²) in [5.74, 6) is 1.10. The minimum Gasteiger partial charge on any atom is -0.494 e. The summed E-state index contributed by atoms with van der Waals surface area (Å²) in [6.07, 6.45) is 3.94. The molecule has 0 saturated heterocycles. The number of aliphatic hydroxyl groups excluding tert-OH is 1. The van der Waals surface area contributed by atoms with Gasteiger partial charge in [0.25, 0.3) is 0 Å². The molecule has 0 aliphatic carbocycles. The van der Waals surface area contributed by atoms with Crippen molar-refractivity contribution in [3.8, 4) is 11.4 Å². The normalized spacial score (nSPS) is 12.2. The quantitative estimate of drug-likeness (QED) is 0.425. The smallest absolute Gasteiger partial charge is 0.248 e. The number of pyridine rings is 1. The Morgan fingerprint density at radius 2 is 2.00 bits per heavy atom. The van der Waals surface area contributed by atoms with E-state index in [2.05, 4.69) is 9.97 Å². The monoisotopic (exact) mass is 423 g/mol. The molecule has 8 heteroatoms. The molecule has 2 aromatic heterocycles. The number of nitrogens with one attached hydrogen (secondary N) is 1. The van der Waals surface area contributed by atoms with Crippen molar-refractivity contribution in [2.75, 3.05) is 12.4 Å². The molecule has 7 nitrogen and oxygen atoms in total. The van der Waals surface area contributed by atoms with E-state index in [1.54, 1.807) is 35.2 Å². The average molecular weight is 423 g/mol. The molecule has 30 heavy (non-hydrogen) atoms. The maximum atomic E-state index is 12.8. The second-order valence-corrected chi connectivity index (χ2v) is 8.15. The van der Waals surface area contributed by atoms with Crippen molar-refractivity contribution in [1.29, 1.82) is 0 Å². The number of aromatic nitrogens is 3. The maximum absolute atomic E-state index is 12.8. The molecule has 0 aliphatic rings. The van der Waals surface area contributed by atoms with Crippen molar-refractivity contribution >= 4 is 21.7 Å². The topological polar surface area (TPSA) is 97.2 Å². The van der Waals surface area contributed by atoms with Crippen LogP contribution in [0, 0.1) is 0 Å². The van der Waals surface area contributed by atoms with Crippen LogP contribution in [-0.2, 0) is 17.4 Å². The number of rotatable bonds is 8. The summed E-state index contributed by atoms with van der Waals surface area (Å²) in [6, 6.07) is 16.1. The molecule has 2 aromatic carbocycles. The Morgan fingerprint density at radius 3 is 2.87 bits per heavy atom. The van der Waals surface area contributed by atoms with Gasteiger partial charge < -0.3 is 14.8 Å². The van der Waals surface area contributed by atoms with Gasteiger partial charge in [-0.3, -0.25) is 13.6 Å². The van der Waals surface area contributed by atoms with Crippen LogP contribution in [0.25, 0.3) is 16.6 Å². The number of ether oxygens (including phenoxy) is 1. The number of hydrogen-bond acceptors (Lipinski definition) is 5. The first-order chi connectivity index (χ1) is 14.7. The van der Waals surface area contributed by atoms with Crippen molar-refractivity contribution in [3.63, 3.8) is 0 Å². The van der Waals surface area contributed by atoms with Crippen LogP contribution in [0.5, 0.6) is 5.75 Å². The second-order valence-electron chi connectivity index (χ2n) is 6.69. The summed E-state index contributed by atoms with van der Waals surface area (Å²) in [7, 11) is -1.31. The molecule has 0 unspecified atom stereocenters. The van der Waals surface area contributed by atoms with Gasteiger partial charge in [0.2, 0.25) is 10.7 Å². The molecule has 154 valence electrons. The fraction of sp³-hybridized carbons (Fsp3) is 0.182.